The first-order chi connectivity index (χ1) is 9.20. The number of aromatic nitrogens is 1. The molecule has 96 valence electrons. The van der Waals surface area contributed by atoms with E-state index in [1.807, 2.05) is 36.2 Å². The average Bonchev–Trinajstić information content (AvgIpc) is 2.46. The quantitative estimate of drug-likeness (QED) is 0.857. The maximum atomic E-state index is 9.11. The number of hydrogen-bond donors (Lipinski definition) is 0. The van der Waals surface area contributed by atoms with Crippen molar-refractivity contribution in [3.8, 4) is 6.07 Å². The van der Waals surface area contributed by atoms with Crippen LogP contribution in [-0.2, 0) is 6.42 Å². The molecule has 0 radical (unpaired) electrons. The molecule has 2 rings (SSSR count). The van der Waals surface area contributed by atoms with E-state index in [2.05, 4.69) is 11.1 Å². The topological polar surface area (TPSA) is 39.9 Å². The maximum Gasteiger partial charge on any atom is 0.101 e. The van der Waals surface area contributed by atoms with Crippen molar-refractivity contribution in [2.75, 3.05) is 18.5 Å². The molecule has 1 heterocycles. The van der Waals surface area contributed by atoms with Crippen LogP contribution in [0, 0.1) is 11.3 Å². The van der Waals surface area contributed by atoms with Crippen LogP contribution in [0.2, 0.25) is 5.02 Å². The Morgan fingerprint density at radius 3 is 2.84 bits per heavy atom. The molecule has 0 N–H and O–H groups in total. The largest absolute Gasteiger partial charge is 0.373 e. The summed E-state index contributed by atoms with van der Waals surface area (Å²) in [4.78, 5) is 6.31. The second-order valence-corrected chi connectivity index (χ2v) is 4.70. The molecule has 0 amide bonds. The number of nitriles is 1. The first kappa shape index (κ1) is 13.4. The smallest absolute Gasteiger partial charge is 0.101 e. The molecule has 3 nitrogen and oxygen atoms in total. The van der Waals surface area contributed by atoms with Crippen molar-refractivity contribution in [1.29, 1.82) is 5.26 Å². The fourth-order valence-corrected chi connectivity index (χ4v) is 2.03. The van der Waals surface area contributed by atoms with E-state index in [0.29, 0.717) is 10.6 Å². The number of hydrogen-bond acceptors (Lipinski definition) is 3. The van der Waals surface area contributed by atoms with Crippen molar-refractivity contribution in [1.82, 2.24) is 4.98 Å². The highest BCUT2D eigenvalue weighted by Crippen LogP contribution is 2.23. The Labute approximate surface area is 118 Å². The molecule has 0 bridgehead atoms. The van der Waals surface area contributed by atoms with Gasteiger partial charge in [-0.05, 0) is 30.3 Å². The number of rotatable bonds is 4. The van der Waals surface area contributed by atoms with Crippen LogP contribution >= 0.6 is 11.6 Å². The summed E-state index contributed by atoms with van der Waals surface area (Å²) in [5, 5.41) is 9.75. The van der Waals surface area contributed by atoms with Crippen molar-refractivity contribution in [3.05, 3.63) is 58.9 Å². The number of anilines is 1. The van der Waals surface area contributed by atoms with Crippen LogP contribution in [0.1, 0.15) is 11.3 Å². The van der Waals surface area contributed by atoms with Crippen LogP contribution in [0.5, 0.6) is 0 Å². The lowest BCUT2D eigenvalue weighted by molar-refractivity contribution is 0.851. The molecule has 0 aliphatic carbocycles. The van der Waals surface area contributed by atoms with E-state index in [-0.39, 0.29) is 0 Å². The Bertz CT molecular complexity index is 590. The van der Waals surface area contributed by atoms with Gasteiger partial charge in [0.2, 0.25) is 0 Å². The molecule has 0 saturated heterocycles. The van der Waals surface area contributed by atoms with Gasteiger partial charge in [0, 0.05) is 36.9 Å². The van der Waals surface area contributed by atoms with E-state index in [9.17, 15) is 0 Å². The van der Waals surface area contributed by atoms with Crippen LogP contribution in [-0.4, -0.2) is 18.6 Å². The van der Waals surface area contributed by atoms with Gasteiger partial charge < -0.3 is 4.90 Å². The van der Waals surface area contributed by atoms with Crippen LogP contribution in [0.3, 0.4) is 0 Å². The number of pyridine rings is 1. The summed E-state index contributed by atoms with van der Waals surface area (Å²) < 4.78 is 0. The van der Waals surface area contributed by atoms with Gasteiger partial charge >= 0.3 is 0 Å². The normalized spacial score (nSPS) is 9.95. The van der Waals surface area contributed by atoms with Crippen molar-refractivity contribution in [2.45, 2.75) is 6.42 Å². The molecule has 2 aromatic rings. The van der Waals surface area contributed by atoms with Gasteiger partial charge in [-0.3, -0.25) is 4.98 Å². The van der Waals surface area contributed by atoms with Gasteiger partial charge in [0.1, 0.15) is 6.07 Å². The maximum absolute atomic E-state index is 9.11. The summed E-state index contributed by atoms with van der Waals surface area (Å²) in [5.41, 5.74) is 2.52. The Hall–Kier alpha value is -2.05. The second-order valence-electron chi connectivity index (χ2n) is 4.27. The van der Waals surface area contributed by atoms with Gasteiger partial charge in [-0.2, -0.15) is 5.26 Å². The highest BCUT2D eigenvalue weighted by atomic mass is 35.5. The van der Waals surface area contributed by atoms with Crippen LogP contribution in [0.15, 0.2) is 42.6 Å². The minimum absolute atomic E-state index is 0.632. The molecule has 0 fully saturated rings. The van der Waals surface area contributed by atoms with E-state index >= 15 is 0 Å². The molecular weight excluding hydrogens is 258 g/mol. The fraction of sp³-hybridized carbons (Fsp3) is 0.200. The predicted molar refractivity (Wildman–Crippen MR) is 77.4 cm³/mol. The van der Waals surface area contributed by atoms with Crippen molar-refractivity contribution < 1.29 is 0 Å². The van der Waals surface area contributed by atoms with E-state index in [4.69, 9.17) is 16.9 Å². The zero-order chi connectivity index (χ0) is 13.7. The Kier molecular flexibility index (Phi) is 4.38. The first-order valence-corrected chi connectivity index (χ1v) is 6.39. The Morgan fingerprint density at radius 1 is 1.32 bits per heavy atom. The van der Waals surface area contributed by atoms with E-state index < -0.39 is 0 Å². The van der Waals surface area contributed by atoms with Crippen LogP contribution < -0.4 is 4.90 Å². The highest BCUT2D eigenvalue weighted by Gasteiger charge is 2.08. The number of likely N-dealkylation sites (N-methyl/N-ethyl adjacent to an activating group) is 1. The molecule has 1 aromatic carbocycles. The van der Waals surface area contributed by atoms with Crippen LogP contribution in [0.25, 0.3) is 0 Å². The number of halogens is 1. The third-order valence-corrected chi connectivity index (χ3v) is 3.16. The molecule has 0 spiro atoms. The van der Waals surface area contributed by atoms with Crippen LogP contribution in [0.4, 0.5) is 5.69 Å². The third-order valence-electron chi connectivity index (χ3n) is 2.92. The summed E-state index contributed by atoms with van der Waals surface area (Å²) in [5.74, 6) is 0. The van der Waals surface area contributed by atoms with E-state index in [0.717, 1.165) is 24.3 Å². The molecule has 0 unspecified atom stereocenters. The molecule has 0 atom stereocenters. The van der Waals surface area contributed by atoms with Crippen molar-refractivity contribution in [2.24, 2.45) is 0 Å². The lowest BCUT2D eigenvalue weighted by Gasteiger charge is -2.20. The zero-order valence-corrected chi connectivity index (χ0v) is 11.4. The predicted octanol–water partition coefficient (Wildman–Crippen LogP) is 3.29. The monoisotopic (exact) mass is 271 g/mol. The minimum Gasteiger partial charge on any atom is -0.373 e. The number of benzene rings is 1. The molecule has 0 aliphatic heterocycles. The SMILES string of the molecule is CN(CCc1ccccn1)c1cc(Cl)ccc1C#N. The van der Waals surface area contributed by atoms with Crippen molar-refractivity contribution in [3.63, 3.8) is 0 Å². The molecular formula is C15H14ClN3. The molecule has 4 heteroatoms. The van der Waals surface area contributed by atoms with Gasteiger partial charge in [0.05, 0.1) is 11.3 Å². The Balaban J connectivity index is 2.10. The molecule has 0 aliphatic rings. The highest BCUT2D eigenvalue weighted by molar-refractivity contribution is 6.30. The Morgan fingerprint density at radius 2 is 2.16 bits per heavy atom. The average molecular weight is 272 g/mol. The summed E-state index contributed by atoms with van der Waals surface area (Å²) in [6, 6.07) is 13.4. The summed E-state index contributed by atoms with van der Waals surface area (Å²) in [6.45, 7) is 0.784. The summed E-state index contributed by atoms with van der Waals surface area (Å²) >= 11 is 5.99. The van der Waals surface area contributed by atoms with Gasteiger partial charge in [0.25, 0.3) is 0 Å². The second kappa shape index (κ2) is 6.21. The third kappa shape index (κ3) is 3.46. The number of nitrogens with zero attached hydrogens (tertiary/aromatic N) is 3. The standard InChI is InChI=1S/C15H14ClN3/c1-19(9-7-14-4-2-3-8-18-14)15-10-13(16)6-5-12(15)11-17/h2-6,8,10H,7,9H2,1H3. The first-order valence-electron chi connectivity index (χ1n) is 6.01. The summed E-state index contributed by atoms with van der Waals surface area (Å²) in [7, 11) is 1.95. The lowest BCUT2D eigenvalue weighted by Crippen LogP contribution is -2.21. The molecule has 19 heavy (non-hydrogen) atoms. The minimum atomic E-state index is 0.632. The van der Waals surface area contributed by atoms with Gasteiger partial charge in [-0.15, -0.1) is 0 Å². The van der Waals surface area contributed by atoms with E-state index in [1.165, 1.54) is 0 Å². The van der Waals surface area contributed by atoms with Gasteiger partial charge in [-0.1, -0.05) is 17.7 Å². The van der Waals surface area contributed by atoms with Crippen molar-refractivity contribution >= 4 is 17.3 Å². The lowest BCUT2D eigenvalue weighted by atomic mass is 10.1. The van der Waals surface area contributed by atoms with Gasteiger partial charge in [0.15, 0.2) is 0 Å². The fourth-order valence-electron chi connectivity index (χ4n) is 1.86. The van der Waals surface area contributed by atoms with Gasteiger partial charge in [-0.25, -0.2) is 0 Å². The molecule has 0 saturated carbocycles. The summed E-state index contributed by atoms with van der Waals surface area (Å²) in [6.07, 6.45) is 2.62. The molecule has 1 aromatic heterocycles. The van der Waals surface area contributed by atoms with E-state index in [1.54, 1.807) is 18.3 Å². The zero-order valence-electron chi connectivity index (χ0n) is 10.7.